The zero-order valence-electron chi connectivity index (χ0n) is 9.37. The third kappa shape index (κ3) is 4.20. The Morgan fingerprint density at radius 2 is 2.31 bits per heavy atom. The maximum absolute atomic E-state index is 10.8. The van der Waals surface area contributed by atoms with Crippen molar-refractivity contribution in [3.05, 3.63) is 16.9 Å². The van der Waals surface area contributed by atoms with Gasteiger partial charge >= 0.3 is 0 Å². The number of rotatable bonds is 6. The van der Waals surface area contributed by atoms with Crippen LogP contribution in [0, 0.1) is 6.92 Å². The molecule has 6 heteroatoms. The quantitative estimate of drug-likeness (QED) is 0.344. The molecular weight excluding hydrogens is 228 g/mol. The number of nitrogens with zero attached hydrogens (tertiary/aromatic N) is 2. The summed E-state index contributed by atoms with van der Waals surface area (Å²) in [6, 6.07) is 0. The summed E-state index contributed by atoms with van der Waals surface area (Å²) in [6.07, 6.45) is 5.11. The number of carbonyl (C=O) groups is 1. The molecular formula is C10H17ClN4O. The minimum absolute atomic E-state index is 0.113. The molecule has 0 bridgehead atoms. The molecule has 0 aliphatic heterocycles. The van der Waals surface area contributed by atoms with Gasteiger partial charge in [0.1, 0.15) is 0 Å². The Labute approximate surface area is 99.9 Å². The molecule has 0 aliphatic rings. The van der Waals surface area contributed by atoms with Crippen LogP contribution in [0.2, 0.25) is 5.02 Å². The van der Waals surface area contributed by atoms with E-state index in [4.69, 9.17) is 17.4 Å². The molecule has 0 saturated heterocycles. The van der Waals surface area contributed by atoms with Crippen molar-refractivity contribution >= 4 is 17.5 Å². The van der Waals surface area contributed by atoms with E-state index in [-0.39, 0.29) is 5.91 Å². The lowest BCUT2D eigenvalue weighted by Crippen LogP contribution is -2.29. The minimum atomic E-state index is -0.113. The second-order valence-corrected chi connectivity index (χ2v) is 4.11. The van der Waals surface area contributed by atoms with E-state index < -0.39 is 0 Å². The van der Waals surface area contributed by atoms with Gasteiger partial charge in [0.25, 0.3) is 0 Å². The van der Waals surface area contributed by atoms with E-state index in [0.29, 0.717) is 11.4 Å². The fraction of sp³-hybridized carbons (Fsp3) is 0.600. The molecule has 1 aromatic heterocycles. The molecule has 5 nitrogen and oxygen atoms in total. The van der Waals surface area contributed by atoms with E-state index in [1.807, 2.05) is 17.8 Å². The molecule has 90 valence electrons. The fourth-order valence-electron chi connectivity index (χ4n) is 1.42. The van der Waals surface area contributed by atoms with Crippen LogP contribution >= 0.6 is 11.6 Å². The Kier molecular flexibility index (Phi) is 5.28. The summed E-state index contributed by atoms with van der Waals surface area (Å²) in [4.78, 5) is 10.8. The van der Waals surface area contributed by atoms with Crippen LogP contribution in [-0.2, 0) is 11.3 Å². The van der Waals surface area contributed by atoms with Gasteiger partial charge in [0.15, 0.2) is 0 Å². The van der Waals surface area contributed by atoms with Gasteiger partial charge in [-0.05, 0) is 19.8 Å². The van der Waals surface area contributed by atoms with Crippen molar-refractivity contribution < 1.29 is 4.79 Å². The second kappa shape index (κ2) is 6.50. The molecule has 0 radical (unpaired) electrons. The first-order valence-electron chi connectivity index (χ1n) is 5.32. The van der Waals surface area contributed by atoms with Crippen molar-refractivity contribution in [1.82, 2.24) is 15.2 Å². The number of amides is 1. The van der Waals surface area contributed by atoms with Gasteiger partial charge in [0.05, 0.1) is 10.7 Å². The Balaban J connectivity index is 2.14. The highest BCUT2D eigenvalue weighted by Crippen LogP contribution is 2.12. The molecule has 0 unspecified atom stereocenters. The number of aromatic nitrogens is 2. The van der Waals surface area contributed by atoms with Crippen molar-refractivity contribution in [2.75, 3.05) is 0 Å². The zero-order chi connectivity index (χ0) is 12.0. The minimum Gasteiger partial charge on any atom is -0.294 e. The van der Waals surface area contributed by atoms with E-state index in [9.17, 15) is 4.79 Å². The predicted molar refractivity (Wildman–Crippen MR) is 62.8 cm³/mol. The number of carbonyl (C=O) groups excluding carboxylic acids is 1. The van der Waals surface area contributed by atoms with Gasteiger partial charge in [0, 0.05) is 19.2 Å². The topological polar surface area (TPSA) is 72.9 Å². The molecule has 0 fully saturated rings. The average molecular weight is 245 g/mol. The monoisotopic (exact) mass is 244 g/mol. The Hall–Kier alpha value is -1.07. The first-order valence-corrected chi connectivity index (χ1v) is 5.70. The number of hydrogen-bond acceptors (Lipinski definition) is 3. The van der Waals surface area contributed by atoms with E-state index in [2.05, 4.69) is 10.5 Å². The van der Waals surface area contributed by atoms with Crippen LogP contribution in [0.3, 0.4) is 0 Å². The Bertz CT molecular complexity index is 331. The van der Waals surface area contributed by atoms with Crippen LogP contribution in [0.25, 0.3) is 0 Å². The van der Waals surface area contributed by atoms with E-state index >= 15 is 0 Å². The Morgan fingerprint density at radius 1 is 1.56 bits per heavy atom. The standard InChI is InChI=1S/C10H17ClN4O/c1-8-9(11)7-15(14-8)6-4-2-3-5-10(16)13-12/h7H,2-6,12H2,1H3,(H,13,16). The van der Waals surface area contributed by atoms with Crippen LogP contribution in [0.4, 0.5) is 0 Å². The summed E-state index contributed by atoms with van der Waals surface area (Å²) in [6.45, 7) is 2.71. The maximum Gasteiger partial charge on any atom is 0.233 e. The van der Waals surface area contributed by atoms with Crippen LogP contribution in [-0.4, -0.2) is 15.7 Å². The van der Waals surface area contributed by atoms with Crippen molar-refractivity contribution in [3.8, 4) is 0 Å². The van der Waals surface area contributed by atoms with Gasteiger partial charge in [-0.3, -0.25) is 14.9 Å². The molecule has 0 aliphatic carbocycles. The lowest BCUT2D eigenvalue weighted by molar-refractivity contribution is -0.121. The Morgan fingerprint density at radius 3 is 2.88 bits per heavy atom. The molecule has 0 atom stereocenters. The second-order valence-electron chi connectivity index (χ2n) is 3.70. The summed E-state index contributed by atoms with van der Waals surface area (Å²) >= 11 is 5.88. The highest BCUT2D eigenvalue weighted by molar-refractivity contribution is 6.31. The van der Waals surface area contributed by atoms with Crippen molar-refractivity contribution in [3.63, 3.8) is 0 Å². The van der Waals surface area contributed by atoms with Gasteiger partial charge in [-0.2, -0.15) is 5.10 Å². The van der Waals surface area contributed by atoms with Gasteiger partial charge in [-0.15, -0.1) is 0 Å². The summed E-state index contributed by atoms with van der Waals surface area (Å²) in [5.41, 5.74) is 2.96. The smallest absolute Gasteiger partial charge is 0.233 e. The number of nitrogens with two attached hydrogens (primary N) is 1. The number of halogens is 1. The lowest BCUT2D eigenvalue weighted by atomic mass is 10.2. The normalized spacial score (nSPS) is 10.4. The number of aryl methyl sites for hydroxylation is 2. The first-order chi connectivity index (χ1) is 7.63. The molecule has 1 rings (SSSR count). The molecule has 1 amide bonds. The molecule has 1 aromatic rings. The molecule has 3 N–H and O–H groups in total. The predicted octanol–water partition coefficient (Wildman–Crippen LogP) is 1.40. The maximum atomic E-state index is 10.8. The molecule has 0 saturated carbocycles. The lowest BCUT2D eigenvalue weighted by Gasteiger charge is -2.01. The zero-order valence-corrected chi connectivity index (χ0v) is 10.1. The van der Waals surface area contributed by atoms with Crippen molar-refractivity contribution in [1.29, 1.82) is 0 Å². The first kappa shape index (κ1) is 13.0. The largest absolute Gasteiger partial charge is 0.294 e. The number of hydrogen-bond donors (Lipinski definition) is 2. The number of hydrazine groups is 1. The van der Waals surface area contributed by atoms with Crippen LogP contribution < -0.4 is 11.3 Å². The van der Waals surface area contributed by atoms with Crippen LogP contribution in [0.1, 0.15) is 31.4 Å². The summed E-state index contributed by atoms with van der Waals surface area (Å²) in [5.74, 6) is 4.86. The molecule has 1 heterocycles. The third-order valence-corrected chi connectivity index (χ3v) is 2.71. The highest BCUT2D eigenvalue weighted by atomic mass is 35.5. The average Bonchev–Trinajstić information content (AvgIpc) is 2.57. The van der Waals surface area contributed by atoms with Crippen LogP contribution in [0.15, 0.2) is 6.20 Å². The molecule has 16 heavy (non-hydrogen) atoms. The van der Waals surface area contributed by atoms with Gasteiger partial charge in [0.2, 0.25) is 5.91 Å². The fourth-order valence-corrected chi connectivity index (χ4v) is 1.57. The number of unbranched alkanes of at least 4 members (excludes halogenated alkanes) is 2. The summed E-state index contributed by atoms with van der Waals surface area (Å²) < 4.78 is 1.83. The van der Waals surface area contributed by atoms with E-state index in [1.54, 1.807) is 0 Å². The molecule has 0 spiro atoms. The SMILES string of the molecule is Cc1nn(CCCCCC(=O)NN)cc1Cl. The van der Waals surface area contributed by atoms with Crippen molar-refractivity contribution in [2.24, 2.45) is 5.84 Å². The van der Waals surface area contributed by atoms with Gasteiger partial charge < -0.3 is 0 Å². The van der Waals surface area contributed by atoms with Gasteiger partial charge in [-0.25, -0.2) is 5.84 Å². The van der Waals surface area contributed by atoms with Gasteiger partial charge in [-0.1, -0.05) is 18.0 Å². The van der Waals surface area contributed by atoms with E-state index in [0.717, 1.165) is 31.5 Å². The third-order valence-electron chi connectivity index (χ3n) is 2.34. The van der Waals surface area contributed by atoms with E-state index in [1.165, 1.54) is 0 Å². The van der Waals surface area contributed by atoms with Crippen LogP contribution in [0.5, 0.6) is 0 Å². The van der Waals surface area contributed by atoms with Crippen molar-refractivity contribution in [2.45, 2.75) is 39.2 Å². The number of nitrogens with one attached hydrogen (secondary N) is 1. The summed E-state index contributed by atoms with van der Waals surface area (Å²) in [5, 5.41) is 4.94. The molecule has 0 aromatic carbocycles. The summed E-state index contributed by atoms with van der Waals surface area (Å²) in [7, 11) is 0. The highest BCUT2D eigenvalue weighted by Gasteiger charge is 2.02.